The highest BCUT2D eigenvalue weighted by Crippen LogP contribution is 2.48. The number of rotatable bonds is 16. The summed E-state index contributed by atoms with van der Waals surface area (Å²) < 4.78 is 28.9. The van der Waals surface area contributed by atoms with Gasteiger partial charge in [0, 0.05) is 27.3 Å². The minimum atomic E-state index is -3.23. The van der Waals surface area contributed by atoms with Crippen molar-refractivity contribution in [2.75, 3.05) is 0 Å². The predicted molar refractivity (Wildman–Crippen MR) is 489 cm³/mol. The van der Waals surface area contributed by atoms with Crippen molar-refractivity contribution < 1.29 is 8.42 Å². The second kappa shape index (κ2) is 39.9. The highest BCUT2D eigenvalue weighted by Gasteiger charge is 2.35. The summed E-state index contributed by atoms with van der Waals surface area (Å²) in [5.41, 5.74) is 1.54. The molecule has 16 aromatic carbocycles. The maximum atomic E-state index is 13.0. The first-order valence-corrected chi connectivity index (χ1v) is 47.4. The summed E-state index contributed by atoms with van der Waals surface area (Å²) in [5, 5.41) is 5.17. The molecule has 2 aliphatic rings. The Morgan fingerprint density at radius 1 is 0.228 bits per heavy atom. The Morgan fingerprint density at radius 2 is 0.491 bits per heavy atom. The number of benzene rings is 16. The van der Waals surface area contributed by atoms with E-state index >= 15 is 0 Å². The van der Waals surface area contributed by atoms with Crippen LogP contribution in [0.15, 0.2) is 506 Å². The van der Waals surface area contributed by atoms with Crippen molar-refractivity contribution in [2.24, 2.45) is 0 Å². The Bertz CT molecular complexity index is 5590. The van der Waals surface area contributed by atoms with E-state index in [-0.39, 0.29) is 59.3 Å². The Kier molecular flexibility index (Phi) is 27.5. The Hall–Kier alpha value is -10.7. The summed E-state index contributed by atoms with van der Waals surface area (Å²) >= 11 is 0. The summed E-state index contributed by atoms with van der Waals surface area (Å²) in [6.45, 7) is 0. The molecule has 0 bridgehead atoms. The van der Waals surface area contributed by atoms with Crippen molar-refractivity contribution in [3.63, 3.8) is 0 Å². The average molecular weight is 1590 g/mol. The van der Waals surface area contributed by atoms with Gasteiger partial charge in [0.2, 0.25) is 0 Å². The zero-order valence-corrected chi connectivity index (χ0v) is 69.0. The molecule has 19 rings (SSSR count). The second-order valence-corrected chi connectivity index (χ2v) is 40.6. The molecule has 2 saturated carbocycles. The van der Waals surface area contributed by atoms with E-state index in [1.807, 2.05) is 36.4 Å². The lowest BCUT2D eigenvalue weighted by atomic mass is 9.84. The van der Waals surface area contributed by atoms with E-state index in [9.17, 15) is 8.42 Å². The van der Waals surface area contributed by atoms with Crippen LogP contribution in [0.5, 0.6) is 0 Å². The molecule has 0 aliphatic heterocycles. The predicted octanol–water partition coefficient (Wildman–Crippen LogP) is 29.2. The van der Waals surface area contributed by atoms with Gasteiger partial charge in [-0.15, -0.1) is 0 Å². The molecule has 562 valence electrons. The molecular weight excluding hydrogens is 1500 g/mol. The lowest BCUT2D eigenvalue weighted by Crippen LogP contribution is -2.24. The molecule has 0 saturated heterocycles. The van der Waals surface area contributed by atoms with Crippen LogP contribution >= 0.6 is 10.5 Å². The number of hydrogen-bond acceptors (Lipinski definition) is 2. The van der Waals surface area contributed by atoms with Crippen molar-refractivity contribution in [3.8, 4) is 4.90 Å². The van der Waals surface area contributed by atoms with Crippen molar-refractivity contribution in [2.45, 2.75) is 139 Å². The van der Waals surface area contributed by atoms with Crippen LogP contribution in [0.4, 0.5) is 0 Å². The van der Waals surface area contributed by atoms with E-state index in [0.717, 1.165) is 42.9 Å². The lowest BCUT2D eigenvalue weighted by Gasteiger charge is -2.22. The SMILES string of the molecule is O=S(=O)(c1ccc([S+](c2ccccc2)c2ccccc2)cc1)C1CCCCC1.c1ccc(-[s+]2c3ccccc3c3ccccc32)cc1.c1ccc([S+](c2ccccc2)c2ccc(C3CCCCC3)cc2)cc1.c1ccc([S+](c2ccccc2)c2ccc3ccccc3c2)cc1.c1ccc([S+](c2ccccc2)c2ccccc2)cc1. The van der Waals surface area contributed by atoms with Crippen molar-refractivity contribution in [1.29, 1.82) is 0 Å². The number of thiophene rings is 1. The van der Waals surface area contributed by atoms with Crippen LogP contribution in [-0.4, -0.2) is 13.7 Å². The van der Waals surface area contributed by atoms with E-state index in [1.54, 1.807) is 0 Å². The van der Waals surface area contributed by atoms with Gasteiger partial charge in [0.25, 0.3) is 0 Å². The monoisotopic (exact) mass is 1590 g/mol. The maximum Gasteiger partial charge on any atom is 0.187 e. The van der Waals surface area contributed by atoms with Gasteiger partial charge < -0.3 is 0 Å². The average Bonchev–Trinajstić information content (AvgIpc) is 1.60. The number of hydrogen-bond donors (Lipinski definition) is 0. The van der Waals surface area contributed by atoms with Gasteiger partial charge in [0.1, 0.15) is 0 Å². The molecule has 1 aromatic heterocycles. The Balaban J connectivity index is 0.000000113. The van der Waals surface area contributed by atoms with Crippen LogP contribution in [0.25, 0.3) is 35.8 Å². The number of sulfone groups is 1. The number of fused-ring (bicyclic) bond motifs is 4. The van der Waals surface area contributed by atoms with E-state index in [0.29, 0.717) is 4.90 Å². The van der Waals surface area contributed by atoms with E-state index in [2.05, 4.69) is 406 Å². The minimum absolute atomic E-state index is 0.0146. The van der Waals surface area contributed by atoms with Crippen LogP contribution in [0.1, 0.15) is 75.7 Å². The maximum absolute atomic E-state index is 13.0. The second-order valence-electron chi connectivity index (χ2n) is 28.3. The molecule has 2 nitrogen and oxygen atoms in total. The minimum Gasteiger partial charge on any atom is -0.223 e. The fourth-order valence-corrected chi connectivity index (χ4v) is 27.9. The van der Waals surface area contributed by atoms with Gasteiger partial charge in [-0.05, 0) is 242 Å². The summed E-state index contributed by atoms with van der Waals surface area (Å²) in [5.74, 6) is 0.776. The zero-order chi connectivity index (χ0) is 77.4. The van der Waals surface area contributed by atoms with E-state index in [4.69, 9.17) is 0 Å². The van der Waals surface area contributed by atoms with Gasteiger partial charge in [-0.1, -0.05) is 281 Å². The summed E-state index contributed by atoms with van der Waals surface area (Å²) in [4.78, 5) is 17.8. The molecule has 0 amide bonds. The first kappa shape index (κ1) is 78.6. The molecule has 8 heteroatoms. The normalized spacial score (nSPS) is 13.1. The van der Waals surface area contributed by atoms with Gasteiger partial charge in [-0.25, -0.2) is 8.42 Å². The van der Waals surface area contributed by atoms with Crippen molar-refractivity contribution in [1.82, 2.24) is 0 Å². The van der Waals surface area contributed by atoms with E-state index in [1.165, 1.54) is 127 Å². The molecule has 0 spiro atoms. The van der Waals surface area contributed by atoms with Gasteiger partial charge in [0.05, 0.1) is 53.7 Å². The highest BCUT2D eigenvalue weighted by atomic mass is 32.2. The van der Waals surface area contributed by atoms with Gasteiger partial charge >= 0.3 is 0 Å². The smallest absolute Gasteiger partial charge is 0.187 e. The quantitative estimate of drug-likeness (QED) is 0.0904. The Labute approximate surface area is 689 Å². The molecule has 2 fully saturated rings. The molecule has 114 heavy (non-hydrogen) atoms. The highest BCUT2D eigenvalue weighted by molar-refractivity contribution is 7.98. The van der Waals surface area contributed by atoms with Crippen LogP contribution in [0, 0.1) is 0 Å². The molecule has 2 aliphatic carbocycles. The van der Waals surface area contributed by atoms with Crippen LogP contribution in [-0.2, 0) is 53.4 Å². The van der Waals surface area contributed by atoms with Crippen molar-refractivity contribution in [3.05, 3.63) is 448 Å². The van der Waals surface area contributed by atoms with Gasteiger partial charge in [-0.2, -0.15) is 0 Å². The third kappa shape index (κ3) is 19.7. The third-order valence-corrected chi connectivity index (χ3v) is 34.3. The van der Waals surface area contributed by atoms with Gasteiger partial charge in [-0.3, -0.25) is 0 Å². The largest absolute Gasteiger partial charge is 0.223 e. The molecule has 0 atom stereocenters. The molecular formula is C106H95O2S6+5. The summed E-state index contributed by atoms with van der Waals surface area (Å²) in [7, 11) is -3.53. The molecule has 1 heterocycles. The van der Waals surface area contributed by atoms with Crippen LogP contribution < -0.4 is 0 Å². The molecule has 0 N–H and O–H groups in total. The first-order chi connectivity index (χ1) is 56.4. The first-order valence-electron chi connectivity index (χ1n) is 39.7. The third-order valence-electron chi connectivity index (χ3n) is 20.8. The molecule has 0 unspecified atom stereocenters. The zero-order valence-electron chi connectivity index (χ0n) is 64.1. The summed E-state index contributed by atoms with van der Waals surface area (Å²) in [6.07, 6.45) is 11.7. The topological polar surface area (TPSA) is 34.1 Å². The standard InChI is InChI=1S/C24H25O2S2.C24H25S.C22H17S.C18H13S.C18H15S/c25-28(26,23-14-8-3-9-15-23)24-18-16-22(17-19-24)27(20-10-4-1-5-11-20)21-12-6-2-7-13-21;1-4-10-20(11-5-1)21-16-18-24(19-17-21)25(22-12-6-2-7-13-22)23-14-8-3-9-15-23;1-3-11-20(12-4-1)23(21-13-5-2-6-14-21)22-16-15-18-9-7-8-10-19(18)17-22;1-2-8-14(9-3-1)19-17-12-6-4-10-15(17)16-11-5-7-13-18(16)19;1-4-10-16(11-5-1)19(17-12-6-2-7-13-17)18-14-8-3-9-15-18/h1-2,4-7,10-13,16-19,23H,3,8-9,14-15H2;2-3,6-9,12-20H,1,4-5,10-11H2;1-17H;1-13H;1-15H/q5*+1. The summed E-state index contributed by atoms with van der Waals surface area (Å²) in [6, 6.07) is 157. The van der Waals surface area contributed by atoms with Gasteiger partial charge in [0.15, 0.2) is 82.9 Å². The Morgan fingerprint density at radius 3 is 0.842 bits per heavy atom. The molecule has 17 aromatic rings. The van der Waals surface area contributed by atoms with Crippen molar-refractivity contribution >= 4 is 94.8 Å². The fraction of sp³-hybridized carbons (Fsp3) is 0.113. The molecule has 0 radical (unpaired) electrons. The van der Waals surface area contributed by atoms with Crippen LogP contribution in [0.2, 0.25) is 0 Å². The van der Waals surface area contributed by atoms with E-state index < -0.39 is 9.84 Å². The van der Waals surface area contributed by atoms with Crippen LogP contribution in [0.3, 0.4) is 0 Å². The lowest BCUT2D eigenvalue weighted by molar-refractivity contribution is 0.443. The fourth-order valence-electron chi connectivity index (χ4n) is 15.2.